The van der Waals surface area contributed by atoms with Crippen molar-refractivity contribution in [1.82, 2.24) is 14.8 Å². The first-order valence-corrected chi connectivity index (χ1v) is 9.99. The number of carbonyl (C=O) groups is 2. The summed E-state index contributed by atoms with van der Waals surface area (Å²) < 4.78 is 6.60. The Morgan fingerprint density at radius 1 is 1.24 bits per heavy atom. The van der Waals surface area contributed by atoms with Gasteiger partial charge in [-0.05, 0) is 29.8 Å². The van der Waals surface area contributed by atoms with E-state index in [0.29, 0.717) is 22.3 Å². The van der Waals surface area contributed by atoms with Crippen molar-refractivity contribution >= 4 is 35.2 Å². The average Bonchev–Trinajstić information content (AvgIpc) is 3.15. The van der Waals surface area contributed by atoms with Gasteiger partial charge in [-0.25, -0.2) is 4.68 Å². The molecule has 1 aromatic heterocycles. The van der Waals surface area contributed by atoms with Crippen molar-refractivity contribution in [2.45, 2.75) is 23.4 Å². The van der Waals surface area contributed by atoms with Gasteiger partial charge in [0.15, 0.2) is 0 Å². The number of carbonyl (C=O) groups excluding carboxylic acids is 2. The molecule has 8 nitrogen and oxygen atoms in total. The third kappa shape index (κ3) is 4.40. The maximum absolute atomic E-state index is 12.8. The van der Waals surface area contributed by atoms with Gasteiger partial charge in [0.1, 0.15) is 11.8 Å². The van der Waals surface area contributed by atoms with Crippen molar-refractivity contribution in [2.75, 3.05) is 17.7 Å². The number of thioether (sulfide) groups is 1. The van der Waals surface area contributed by atoms with Crippen molar-refractivity contribution in [3.8, 4) is 5.75 Å². The van der Waals surface area contributed by atoms with E-state index < -0.39 is 6.04 Å². The lowest BCUT2D eigenvalue weighted by Crippen LogP contribution is -2.36. The Morgan fingerprint density at radius 3 is 2.72 bits per heavy atom. The Labute approximate surface area is 171 Å². The fourth-order valence-corrected chi connectivity index (χ4v) is 3.72. The highest BCUT2D eigenvalue weighted by Crippen LogP contribution is 2.28. The van der Waals surface area contributed by atoms with E-state index in [1.165, 1.54) is 16.4 Å². The minimum absolute atomic E-state index is 0.00113. The molecule has 1 aliphatic rings. The smallest absolute Gasteiger partial charge is 0.249 e. The lowest BCUT2D eigenvalue weighted by atomic mass is 10.1. The molecule has 0 spiro atoms. The maximum atomic E-state index is 12.8. The van der Waals surface area contributed by atoms with Crippen LogP contribution in [0.4, 0.5) is 11.6 Å². The second-order valence-corrected chi connectivity index (χ2v) is 7.37. The first-order chi connectivity index (χ1) is 14.1. The monoisotopic (exact) mass is 409 g/mol. The molecule has 0 fully saturated rings. The van der Waals surface area contributed by atoms with Gasteiger partial charge in [-0.2, -0.15) is 4.98 Å². The molecule has 0 radical (unpaired) electrons. The number of anilines is 2. The molecule has 2 amide bonds. The molecule has 2 heterocycles. The molecule has 3 aromatic rings. The zero-order chi connectivity index (χ0) is 20.2. The average molecular weight is 409 g/mol. The fraction of sp³-hybridized carbons (Fsp3) is 0.200. The molecule has 2 N–H and O–H groups in total. The lowest BCUT2D eigenvalue weighted by Gasteiger charge is -2.22. The first kappa shape index (κ1) is 19.0. The molecular weight excluding hydrogens is 390 g/mol. The van der Waals surface area contributed by atoms with Gasteiger partial charge in [-0.1, -0.05) is 42.1 Å². The van der Waals surface area contributed by atoms with Crippen molar-refractivity contribution in [3.05, 3.63) is 60.2 Å². The Hall–Kier alpha value is -3.33. The highest BCUT2D eigenvalue weighted by atomic mass is 32.2. The minimum atomic E-state index is -0.764. The third-order valence-corrected chi connectivity index (χ3v) is 5.32. The molecule has 1 aliphatic heterocycles. The van der Waals surface area contributed by atoms with E-state index in [-0.39, 0.29) is 24.2 Å². The van der Waals surface area contributed by atoms with Crippen LogP contribution in [-0.2, 0) is 15.3 Å². The molecule has 29 heavy (non-hydrogen) atoms. The van der Waals surface area contributed by atoms with Gasteiger partial charge in [0.2, 0.25) is 22.9 Å². The van der Waals surface area contributed by atoms with Crippen LogP contribution in [0.15, 0.2) is 59.8 Å². The summed E-state index contributed by atoms with van der Waals surface area (Å²) in [7, 11) is 1.58. The van der Waals surface area contributed by atoms with Crippen LogP contribution in [0.25, 0.3) is 0 Å². The van der Waals surface area contributed by atoms with E-state index in [2.05, 4.69) is 20.7 Å². The summed E-state index contributed by atoms with van der Waals surface area (Å²) in [6.45, 7) is 0. The standard InChI is InChI=1S/C20H19N5O3S/c1-28-15-9-7-14(8-10-15)21-18(27)16-11-17(26)22-19-23-20(24-25(16)19)29-12-13-5-3-2-4-6-13/h2-10,16H,11-12H2,1H3,(H,21,27)(H,22,23,24,26)/t16-/m1/s1. The summed E-state index contributed by atoms with van der Waals surface area (Å²) in [5.41, 5.74) is 1.75. The molecule has 0 bridgehead atoms. The van der Waals surface area contributed by atoms with Gasteiger partial charge in [0, 0.05) is 11.4 Å². The van der Waals surface area contributed by atoms with Crippen molar-refractivity contribution in [3.63, 3.8) is 0 Å². The van der Waals surface area contributed by atoms with Crippen molar-refractivity contribution in [1.29, 1.82) is 0 Å². The second-order valence-electron chi connectivity index (χ2n) is 6.42. The number of rotatable bonds is 6. The summed E-state index contributed by atoms with van der Waals surface area (Å²) in [4.78, 5) is 29.2. The molecular formula is C20H19N5O3S. The van der Waals surface area contributed by atoms with Crippen LogP contribution >= 0.6 is 11.8 Å². The summed E-state index contributed by atoms with van der Waals surface area (Å²) in [6.07, 6.45) is 0.00113. The highest BCUT2D eigenvalue weighted by molar-refractivity contribution is 7.98. The number of nitrogens with one attached hydrogen (secondary N) is 2. The van der Waals surface area contributed by atoms with Gasteiger partial charge < -0.3 is 10.1 Å². The summed E-state index contributed by atoms with van der Waals surface area (Å²) >= 11 is 1.45. The van der Waals surface area contributed by atoms with Crippen LogP contribution in [0.2, 0.25) is 0 Å². The Balaban J connectivity index is 1.49. The Morgan fingerprint density at radius 2 is 2.00 bits per heavy atom. The number of hydrogen-bond donors (Lipinski definition) is 2. The van der Waals surface area contributed by atoms with Gasteiger partial charge in [-0.3, -0.25) is 14.9 Å². The molecule has 4 rings (SSSR count). The predicted molar refractivity (Wildman–Crippen MR) is 110 cm³/mol. The zero-order valence-corrected chi connectivity index (χ0v) is 16.5. The third-order valence-electron chi connectivity index (χ3n) is 4.41. The quantitative estimate of drug-likeness (QED) is 0.607. The minimum Gasteiger partial charge on any atom is -0.497 e. The fourth-order valence-electron chi connectivity index (χ4n) is 2.93. The van der Waals surface area contributed by atoms with E-state index in [1.807, 2.05) is 30.3 Å². The van der Waals surface area contributed by atoms with E-state index >= 15 is 0 Å². The van der Waals surface area contributed by atoms with E-state index in [0.717, 1.165) is 5.56 Å². The van der Waals surface area contributed by atoms with Crippen LogP contribution in [0.5, 0.6) is 5.75 Å². The number of amides is 2. The molecule has 0 aliphatic carbocycles. The number of nitrogens with zero attached hydrogens (tertiary/aromatic N) is 3. The van der Waals surface area contributed by atoms with Crippen LogP contribution in [0.1, 0.15) is 18.0 Å². The van der Waals surface area contributed by atoms with Gasteiger partial charge in [-0.15, -0.1) is 5.10 Å². The van der Waals surface area contributed by atoms with E-state index in [9.17, 15) is 9.59 Å². The van der Waals surface area contributed by atoms with Gasteiger partial charge in [0.25, 0.3) is 0 Å². The molecule has 1 atom stereocenters. The number of aromatic nitrogens is 3. The topological polar surface area (TPSA) is 98.1 Å². The highest BCUT2D eigenvalue weighted by Gasteiger charge is 2.33. The number of benzene rings is 2. The van der Waals surface area contributed by atoms with Crippen LogP contribution in [-0.4, -0.2) is 33.7 Å². The molecule has 0 unspecified atom stereocenters. The van der Waals surface area contributed by atoms with Crippen LogP contribution in [0, 0.1) is 0 Å². The molecule has 0 saturated heterocycles. The second kappa shape index (κ2) is 8.36. The number of ether oxygens (including phenoxy) is 1. The van der Waals surface area contributed by atoms with Gasteiger partial charge >= 0.3 is 0 Å². The Bertz CT molecular complexity index is 1020. The summed E-state index contributed by atoms with van der Waals surface area (Å²) in [5.74, 6) is 1.08. The van der Waals surface area contributed by atoms with Crippen LogP contribution in [0.3, 0.4) is 0 Å². The number of hydrogen-bond acceptors (Lipinski definition) is 6. The normalized spacial score (nSPS) is 15.3. The molecule has 148 valence electrons. The summed E-state index contributed by atoms with van der Waals surface area (Å²) in [5, 5.41) is 10.5. The largest absolute Gasteiger partial charge is 0.497 e. The first-order valence-electron chi connectivity index (χ1n) is 9.00. The molecule has 9 heteroatoms. The lowest BCUT2D eigenvalue weighted by molar-refractivity contribution is -0.125. The van der Waals surface area contributed by atoms with Crippen molar-refractivity contribution < 1.29 is 14.3 Å². The zero-order valence-electron chi connectivity index (χ0n) is 15.7. The molecule has 0 saturated carbocycles. The molecule has 2 aromatic carbocycles. The predicted octanol–water partition coefficient (Wildman–Crippen LogP) is 3.10. The van der Waals surface area contributed by atoms with Crippen LogP contribution < -0.4 is 15.4 Å². The van der Waals surface area contributed by atoms with Gasteiger partial charge in [0.05, 0.1) is 13.5 Å². The van der Waals surface area contributed by atoms with Crippen molar-refractivity contribution in [2.24, 2.45) is 0 Å². The summed E-state index contributed by atoms with van der Waals surface area (Å²) in [6, 6.07) is 16.2. The number of methoxy groups -OCH3 is 1. The SMILES string of the molecule is COc1ccc(NC(=O)[C@H]2CC(=O)Nc3nc(SCc4ccccc4)nn32)cc1. The maximum Gasteiger partial charge on any atom is 0.249 e. The Kier molecular flexibility index (Phi) is 5.48. The van der Waals surface area contributed by atoms with E-state index in [1.54, 1.807) is 31.4 Å². The number of fused-ring (bicyclic) bond motifs is 1. The van der Waals surface area contributed by atoms with E-state index in [4.69, 9.17) is 4.74 Å².